The first-order valence-electron chi connectivity index (χ1n) is 10.8. The molecule has 32 heavy (non-hydrogen) atoms. The van der Waals surface area contributed by atoms with Crippen molar-refractivity contribution in [1.82, 2.24) is 10.2 Å². The van der Waals surface area contributed by atoms with Gasteiger partial charge >= 0.3 is 0 Å². The molecule has 1 saturated heterocycles. The number of ether oxygens (including phenoxy) is 1. The van der Waals surface area contributed by atoms with Crippen molar-refractivity contribution in [3.8, 4) is 5.75 Å². The highest BCUT2D eigenvalue weighted by Crippen LogP contribution is 2.24. The molecule has 0 unspecified atom stereocenters. The standard InChI is InChI=1S/C24H29N5O3/c1-15-13-29(14-16(2)32-15)19-7-3-17(4-8-19)11-21-22(23(25)31)24(28-27-21)26-12-18-5-9-20(30)10-6-18/h3-10,15-16,30H,11-14H2,1-2H3,(H2,25,31)(H2,26,27,28)/t15-,16+. The van der Waals surface area contributed by atoms with Gasteiger partial charge in [0.1, 0.15) is 11.3 Å². The average Bonchev–Trinajstić information content (AvgIpc) is 3.16. The van der Waals surface area contributed by atoms with E-state index in [2.05, 4.69) is 58.5 Å². The van der Waals surface area contributed by atoms with Crippen molar-refractivity contribution in [2.75, 3.05) is 23.3 Å². The van der Waals surface area contributed by atoms with Gasteiger partial charge in [0, 0.05) is 31.7 Å². The topological polar surface area (TPSA) is 117 Å². The molecule has 1 aromatic heterocycles. The van der Waals surface area contributed by atoms with E-state index in [1.54, 1.807) is 24.3 Å². The molecule has 3 aromatic rings. The van der Waals surface area contributed by atoms with Gasteiger partial charge in [-0.1, -0.05) is 24.3 Å². The number of hydrogen-bond acceptors (Lipinski definition) is 6. The number of aromatic amines is 1. The van der Waals surface area contributed by atoms with E-state index >= 15 is 0 Å². The number of aromatic hydroxyl groups is 1. The molecule has 1 amide bonds. The number of H-pyrrole nitrogens is 1. The number of nitrogens with one attached hydrogen (secondary N) is 2. The Labute approximate surface area is 187 Å². The number of amides is 1. The van der Waals surface area contributed by atoms with E-state index < -0.39 is 5.91 Å². The van der Waals surface area contributed by atoms with Gasteiger partial charge in [0.25, 0.3) is 5.91 Å². The van der Waals surface area contributed by atoms with Crippen LogP contribution in [0.5, 0.6) is 5.75 Å². The van der Waals surface area contributed by atoms with E-state index in [1.807, 2.05) is 0 Å². The summed E-state index contributed by atoms with van der Waals surface area (Å²) in [6, 6.07) is 15.2. The Balaban J connectivity index is 1.45. The van der Waals surface area contributed by atoms with Crippen molar-refractivity contribution in [2.24, 2.45) is 5.73 Å². The van der Waals surface area contributed by atoms with Crippen LogP contribution in [0.2, 0.25) is 0 Å². The Hall–Kier alpha value is -3.52. The zero-order valence-corrected chi connectivity index (χ0v) is 18.3. The van der Waals surface area contributed by atoms with Crippen molar-refractivity contribution in [1.29, 1.82) is 0 Å². The van der Waals surface area contributed by atoms with Gasteiger partial charge in [0.05, 0.1) is 17.9 Å². The van der Waals surface area contributed by atoms with Crippen LogP contribution in [-0.2, 0) is 17.7 Å². The Morgan fingerprint density at radius 1 is 1.12 bits per heavy atom. The highest BCUT2D eigenvalue weighted by molar-refractivity contribution is 5.99. The van der Waals surface area contributed by atoms with Crippen LogP contribution in [0.25, 0.3) is 0 Å². The Morgan fingerprint density at radius 2 is 1.75 bits per heavy atom. The number of anilines is 2. The lowest BCUT2D eigenvalue weighted by atomic mass is 10.0. The minimum Gasteiger partial charge on any atom is -0.508 e. The monoisotopic (exact) mass is 435 g/mol. The number of carbonyl (C=O) groups is 1. The predicted molar refractivity (Wildman–Crippen MR) is 124 cm³/mol. The maximum absolute atomic E-state index is 12.1. The van der Waals surface area contributed by atoms with Crippen LogP contribution in [0.3, 0.4) is 0 Å². The maximum atomic E-state index is 12.1. The molecule has 8 nitrogen and oxygen atoms in total. The molecule has 0 bridgehead atoms. The van der Waals surface area contributed by atoms with Crippen LogP contribution >= 0.6 is 0 Å². The molecule has 168 valence electrons. The number of phenolic OH excluding ortho intramolecular Hbond substituents is 1. The molecule has 0 spiro atoms. The molecule has 2 aromatic carbocycles. The second-order valence-electron chi connectivity index (χ2n) is 8.32. The molecule has 1 aliphatic heterocycles. The smallest absolute Gasteiger partial charge is 0.254 e. The molecule has 4 rings (SSSR count). The van der Waals surface area contributed by atoms with Gasteiger partial charge < -0.3 is 25.8 Å². The number of benzene rings is 2. The third-order valence-electron chi connectivity index (χ3n) is 5.59. The normalized spacial score (nSPS) is 18.5. The van der Waals surface area contributed by atoms with Gasteiger partial charge in [-0.05, 0) is 49.2 Å². The molecule has 8 heteroatoms. The highest BCUT2D eigenvalue weighted by atomic mass is 16.5. The summed E-state index contributed by atoms with van der Waals surface area (Å²) in [4.78, 5) is 14.5. The van der Waals surface area contributed by atoms with Gasteiger partial charge in [-0.15, -0.1) is 0 Å². The van der Waals surface area contributed by atoms with Crippen molar-refractivity contribution in [3.05, 3.63) is 70.9 Å². The number of phenols is 1. The van der Waals surface area contributed by atoms with E-state index in [0.29, 0.717) is 30.0 Å². The summed E-state index contributed by atoms with van der Waals surface area (Å²) >= 11 is 0. The Kier molecular flexibility index (Phi) is 6.32. The fourth-order valence-corrected chi connectivity index (χ4v) is 4.12. The Bertz CT molecular complexity index is 1050. The first kappa shape index (κ1) is 21.7. The van der Waals surface area contributed by atoms with Gasteiger partial charge in [-0.3, -0.25) is 9.89 Å². The van der Waals surface area contributed by atoms with Gasteiger partial charge in [-0.2, -0.15) is 5.10 Å². The molecule has 1 aliphatic rings. The summed E-state index contributed by atoms with van der Waals surface area (Å²) < 4.78 is 5.82. The van der Waals surface area contributed by atoms with Gasteiger partial charge in [0.15, 0.2) is 5.82 Å². The molecular formula is C24H29N5O3. The van der Waals surface area contributed by atoms with Crippen LogP contribution in [0.15, 0.2) is 48.5 Å². The maximum Gasteiger partial charge on any atom is 0.254 e. The number of hydrogen-bond donors (Lipinski definition) is 4. The van der Waals surface area contributed by atoms with E-state index in [1.165, 1.54) is 0 Å². The molecule has 5 N–H and O–H groups in total. The van der Waals surface area contributed by atoms with Crippen molar-refractivity contribution >= 4 is 17.4 Å². The number of nitrogens with zero attached hydrogens (tertiary/aromatic N) is 2. The number of rotatable bonds is 7. The molecule has 0 radical (unpaired) electrons. The highest BCUT2D eigenvalue weighted by Gasteiger charge is 2.23. The number of aromatic nitrogens is 2. The van der Waals surface area contributed by atoms with Gasteiger partial charge in [-0.25, -0.2) is 0 Å². The summed E-state index contributed by atoms with van der Waals surface area (Å²) in [6.07, 6.45) is 0.922. The second-order valence-corrected chi connectivity index (χ2v) is 8.32. The fourth-order valence-electron chi connectivity index (χ4n) is 4.12. The first-order chi connectivity index (χ1) is 15.4. The largest absolute Gasteiger partial charge is 0.508 e. The van der Waals surface area contributed by atoms with Crippen LogP contribution in [0.1, 0.15) is 41.0 Å². The second kappa shape index (κ2) is 9.32. The van der Waals surface area contributed by atoms with Crippen molar-refractivity contribution in [2.45, 2.75) is 39.0 Å². The summed E-state index contributed by atoms with van der Waals surface area (Å²) in [5.41, 5.74) is 9.86. The molecule has 1 fully saturated rings. The predicted octanol–water partition coefficient (Wildman–Crippen LogP) is 3.03. The zero-order valence-electron chi connectivity index (χ0n) is 18.3. The molecule has 2 heterocycles. The van der Waals surface area contributed by atoms with E-state index in [0.717, 1.165) is 29.9 Å². The number of carbonyl (C=O) groups excluding carboxylic acids is 1. The van der Waals surface area contributed by atoms with Crippen molar-refractivity contribution < 1.29 is 14.6 Å². The Morgan fingerprint density at radius 3 is 2.38 bits per heavy atom. The minimum atomic E-state index is -0.533. The summed E-state index contributed by atoms with van der Waals surface area (Å²) in [7, 11) is 0. The van der Waals surface area contributed by atoms with Crippen LogP contribution < -0.4 is 16.0 Å². The number of primary amides is 1. The van der Waals surface area contributed by atoms with E-state index in [-0.39, 0.29) is 18.0 Å². The molecule has 0 aliphatic carbocycles. The average molecular weight is 436 g/mol. The quantitative estimate of drug-likeness (QED) is 0.453. The van der Waals surface area contributed by atoms with Crippen molar-refractivity contribution in [3.63, 3.8) is 0 Å². The summed E-state index contributed by atoms with van der Waals surface area (Å²) in [5, 5.41) is 19.8. The lowest BCUT2D eigenvalue weighted by Gasteiger charge is -2.36. The van der Waals surface area contributed by atoms with E-state index in [4.69, 9.17) is 10.5 Å². The lowest BCUT2D eigenvalue weighted by molar-refractivity contribution is -0.00521. The lowest BCUT2D eigenvalue weighted by Crippen LogP contribution is -2.45. The minimum absolute atomic E-state index is 0.203. The third kappa shape index (κ3) is 5.03. The number of morpholine rings is 1. The zero-order chi connectivity index (χ0) is 22.7. The summed E-state index contributed by atoms with van der Waals surface area (Å²) in [6.45, 7) is 6.37. The van der Waals surface area contributed by atoms with E-state index in [9.17, 15) is 9.90 Å². The molecule has 2 atom stereocenters. The first-order valence-corrected chi connectivity index (χ1v) is 10.8. The summed E-state index contributed by atoms with van der Waals surface area (Å²) in [5.74, 6) is 0.0978. The van der Waals surface area contributed by atoms with Crippen LogP contribution in [-0.4, -0.2) is 46.5 Å². The van der Waals surface area contributed by atoms with Gasteiger partial charge in [0.2, 0.25) is 0 Å². The fraction of sp³-hybridized carbons (Fsp3) is 0.333. The third-order valence-corrected chi connectivity index (χ3v) is 5.59. The number of nitrogens with two attached hydrogens (primary N) is 1. The molecular weight excluding hydrogens is 406 g/mol. The van der Waals surface area contributed by atoms with Crippen LogP contribution in [0.4, 0.5) is 11.5 Å². The molecule has 0 saturated carbocycles. The van der Waals surface area contributed by atoms with Crippen LogP contribution in [0, 0.1) is 0 Å². The SMILES string of the molecule is C[C@@H]1CN(c2ccc(Cc3[nH]nc(NCc4ccc(O)cc4)c3C(N)=O)cc2)C[C@H](C)O1.